The average molecular weight is 271 g/mol. The Bertz CT molecular complexity index is 378. The standard InChI is InChI=1S/C14H20ClFN2/c15-14-5-4-13(16)10-12(14)11-17-6-3-9-18-7-1-2-8-18/h4-5,10,17H,1-3,6-9,11H2. The molecular weight excluding hydrogens is 251 g/mol. The molecule has 18 heavy (non-hydrogen) atoms. The van der Waals surface area contributed by atoms with Crippen LogP contribution in [0.2, 0.25) is 5.02 Å². The number of halogens is 2. The number of likely N-dealkylation sites (tertiary alicyclic amines) is 1. The van der Waals surface area contributed by atoms with Crippen molar-refractivity contribution in [2.24, 2.45) is 0 Å². The van der Waals surface area contributed by atoms with Crippen molar-refractivity contribution in [3.8, 4) is 0 Å². The number of rotatable bonds is 6. The molecule has 0 amide bonds. The van der Waals surface area contributed by atoms with Crippen molar-refractivity contribution in [2.45, 2.75) is 25.8 Å². The minimum absolute atomic E-state index is 0.228. The predicted octanol–water partition coefficient (Wildman–Crippen LogP) is 3.05. The summed E-state index contributed by atoms with van der Waals surface area (Å²) in [5, 5.41) is 3.94. The van der Waals surface area contributed by atoms with Crippen LogP contribution in [-0.2, 0) is 6.54 Å². The summed E-state index contributed by atoms with van der Waals surface area (Å²) in [5.41, 5.74) is 0.831. The molecule has 0 aromatic heterocycles. The molecule has 1 fully saturated rings. The number of nitrogens with zero attached hydrogens (tertiary/aromatic N) is 1. The largest absolute Gasteiger partial charge is 0.313 e. The van der Waals surface area contributed by atoms with Crippen molar-refractivity contribution in [1.29, 1.82) is 0 Å². The third kappa shape index (κ3) is 4.23. The van der Waals surface area contributed by atoms with Crippen LogP contribution in [0.15, 0.2) is 18.2 Å². The molecule has 2 rings (SSSR count). The van der Waals surface area contributed by atoms with E-state index in [-0.39, 0.29) is 5.82 Å². The van der Waals surface area contributed by atoms with Gasteiger partial charge in [-0.15, -0.1) is 0 Å². The predicted molar refractivity (Wildman–Crippen MR) is 73.4 cm³/mol. The maximum absolute atomic E-state index is 13.0. The highest BCUT2D eigenvalue weighted by atomic mass is 35.5. The van der Waals surface area contributed by atoms with Gasteiger partial charge < -0.3 is 10.2 Å². The summed E-state index contributed by atoms with van der Waals surface area (Å²) < 4.78 is 13.0. The molecule has 0 radical (unpaired) electrons. The van der Waals surface area contributed by atoms with Crippen LogP contribution in [0, 0.1) is 5.82 Å². The number of nitrogens with one attached hydrogen (secondary N) is 1. The zero-order chi connectivity index (χ0) is 12.8. The Balaban J connectivity index is 1.64. The first kappa shape index (κ1) is 13.8. The second-order valence-corrected chi connectivity index (χ2v) is 5.22. The molecule has 1 aliphatic heterocycles. The molecule has 2 nitrogen and oxygen atoms in total. The Labute approximate surface area is 113 Å². The molecule has 0 aliphatic carbocycles. The maximum atomic E-state index is 13.0. The third-order valence-corrected chi connectivity index (χ3v) is 3.72. The van der Waals surface area contributed by atoms with Crippen molar-refractivity contribution in [3.63, 3.8) is 0 Å². The summed E-state index contributed by atoms with van der Waals surface area (Å²) in [6.45, 7) is 5.23. The molecule has 0 saturated carbocycles. The molecule has 0 spiro atoms. The minimum atomic E-state index is -0.228. The number of benzene rings is 1. The van der Waals surface area contributed by atoms with E-state index in [4.69, 9.17) is 11.6 Å². The Morgan fingerprint density at radius 2 is 2.06 bits per heavy atom. The lowest BCUT2D eigenvalue weighted by Gasteiger charge is -2.14. The normalized spacial score (nSPS) is 16.3. The average Bonchev–Trinajstić information content (AvgIpc) is 2.86. The number of hydrogen-bond donors (Lipinski definition) is 1. The first-order chi connectivity index (χ1) is 8.75. The van der Waals surface area contributed by atoms with Crippen molar-refractivity contribution in [2.75, 3.05) is 26.2 Å². The van der Waals surface area contributed by atoms with Gasteiger partial charge in [-0.1, -0.05) is 11.6 Å². The van der Waals surface area contributed by atoms with E-state index in [1.54, 1.807) is 6.07 Å². The first-order valence-corrected chi connectivity index (χ1v) is 7.00. The second kappa shape index (κ2) is 7.07. The van der Waals surface area contributed by atoms with Crippen molar-refractivity contribution in [1.82, 2.24) is 10.2 Å². The van der Waals surface area contributed by atoms with E-state index in [1.165, 1.54) is 38.1 Å². The van der Waals surface area contributed by atoms with E-state index in [0.717, 1.165) is 25.1 Å². The van der Waals surface area contributed by atoms with Crippen molar-refractivity contribution < 1.29 is 4.39 Å². The highest BCUT2D eigenvalue weighted by Gasteiger charge is 2.10. The van der Waals surface area contributed by atoms with Crippen LogP contribution in [0.3, 0.4) is 0 Å². The Morgan fingerprint density at radius 1 is 1.28 bits per heavy atom. The fourth-order valence-electron chi connectivity index (χ4n) is 2.34. The summed E-state index contributed by atoms with van der Waals surface area (Å²) in [6.07, 6.45) is 3.81. The fourth-order valence-corrected chi connectivity index (χ4v) is 2.52. The smallest absolute Gasteiger partial charge is 0.123 e. The molecule has 1 heterocycles. The quantitative estimate of drug-likeness (QED) is 0.800. The van der Waals surface area contributed by atoms with Gasteiger partial charge in [0.05, 0.1) is 0 Å². The molecule has 4 heteroatoms. The lowest BCUT2D eigenvalue weighted by molar-refractivity contribution is 0.331. The SMILES string of the molecule is Fc1ccc(Cl)c(CNCCCN2CCCC2)c1. The van der Waals surface area contributed by atoms with Gasteiger partial charge in [0.15, 0.2) is 0 Å². The lowest BCUT2D eigenvalue weighted by Crippen LogP contribution is -2.24. The number of hydrogen-bond acceptors (Lipinski definition) is 2. The zero-order valence-corrected chi connectivity index (χ0v) is 11.3. The molecule has 1 aromatic rings. The molecule has 0 atom stereocenters. The molecule has 1 N–H and O–H groups in total. The van der Waals surface area contributed by atoms with Crippen LogP contribution in [0.5, 0.6) is 0 Å². The van der Waals surface area contributed by atoms with Gasteiger partial charge in [0, 0.05) is 11.6 Å². The maximum Gasteiger partial charge on any atom is 0.123 e. The molecule has 1 aromatic carbocycles. The lowest BCUT2D eigenvalue weighted by atomic mass is 10.2. The molecular formula is C14H20ClFN2. The minimum Gasteiger partial charge on any atom is -0.313 e. The van der Waals surface area contributed by atoms with E-state index >= 15 is 0 Å². The van der Waals surface area contributed by atoms with Crippen molar-refractivity contribution >= 4 is 11.6 Å². The van der Waals surface area contributed by atoms with E-state index in [1.807, 2.05) is 0 Å². The highest BCUT2D eigenvalue weighted by Crippen LogP contribution is 2.16. The van der Waals surface area contributed by atoms with Gasteiger partial charge in [-0.05, 0) is 69.2 Å². The summed E-state index contributed by atoms with van der Waals surface area (Å²) in [7, 11) is 0. The van der Waals surface area contributed by atoms with Gasteiger partial charge in [-0.3, -0.25) is 0 Å². The van der Waals surface area contributed by atoms with Crippen molar-refractivity contribution in [3.05, 3.63) is 34.6 Å². The van der Waals surface area contributed by atoms with E-state index in [9.17, 15) is 4.39 Å². The zero-order valence-electron chi connectivity index (χ0n) is 10.6. The van der Waals surface area contributed by atoms with Gasteiger partial charge in [0.25, 0.3) is 0 Å². The summed E-state index contributed by atoms with van der Waals surface area (Å²) >= 11 is 6.00. The summed E-state index contributed by atoms with van der Waals surface area (Å²) in [6, 6.07) is 4.49. The van der Waals surface area contributed by atoms with E-state index in [0.29, 0.717) is 11.6 Å². The van der Waals surface area contributed by atoms with E-state index < -0.39 is 0 Å². The molecule has 1 saturated heterocycles. The highest BCUT2D eigenvalue weighted by molar-refractivity contribution is 6.31. The van der Waals surface area contributed by atoms with Gasteiger partial charge >= 0.3 is 0 Å². The molecule has 0 bridgehead atoms. The Morgan fingerprint density at radius 3 is 2.83 bits per heavy atom. The van der Waals surface area contributed by atoms with Crippen LogP contribution in [0.1, 0.15) is 24.8 Å². The Kier molecular flexibility index (Phi) is 5.42. The fraction of sp³-hybridized carbons (Fsp3) is 0.571. The monoisotopic (exact) mass is 270 g/mol. The van der Waals surface area contributed by atoms with Crippen LogP contribution in [-0.4, -0.2) is 31.1 Å². The van der Waals surface area contributed by atoms with Gasteiger partial charge in [-0.25, -0.2) is 4.39 Å². The third-order valence-electron chi connectivity index (χ3n) is 3.35. The van der Waals surface area contributed by atoms with Gasteiger partial charge in [-0.2, -0.15) is 0 Å². The van der Waals surface area contributed by atoms with Crippen LogP contribution in [0.4, 0.5) is 4.39 Å². The van der Waals surface area contributed by atoms with Gasteiger partial charge in [0.1, 0.15) is 5.82 Å². The first-order valence-electron chi connectivity index (χ1n) is 6.63. The topological polar surface area (TPSA) is 15.3 Å². The van der Waals surface area contributed by atoms with Crippen LogP contribution < -0.4 is 5.32 Å². The van der Waals surface area contributed by atoms with Crippen LogP contribution >= 0.6 is 11.6 Å². The van der Waals surface area contributed by atoms with E-state index in [2.05, 4.69) is 10.2 Å². The van der Waals surface area contributed by atoms with Crippen LogP contribution in [0.25, 0.3) is 0 Å². The summed E-state index contributed by atoms with van der Waals surface area (Å²) in [4.78, 5) is 2.50. The second-order valence-electron chi connectivity index (χ2n) is 4.81. The summed E-state index contributed by atoms with van der Waals surface area (Å²) in [5.74, 6) is -0.228. The molecule has 0 unspecified atom stereocenters. The molecule has 100 valence electrons. The molecule has 1 aliphatic rings. The Hall–Kier alpha value is -0.640. The van der Waals surface area contributed by atoms with Gasteiger partial charge in [0.2, 0.25) is 0 Å².